The molecule has 0 unspecified atom stereocenters. The Balaban J connectivity index is 2.96. The number of aromatic amines is 1. The van der Waals surface area contributed by atoms with Crippen LogP contribution in [-0.2, 0) is 0 Å². The summed E-state index contributed by atoms with van der Waals surface area (Å²) in [5, 5.41) is 9.68. The van der Waals surface area contributed by atoms with Crippen LogP contribution in [-0.4, -0.2) is 9.97 Å². The van der Waals surface area contributed by atoms with Crippen molar-refractivity contribution in [3.63, 3.8) is 0 Å². The Morgan fingerprint density at radius 3 is 3.17 bits per heavy atom. The normalized spacial score (nSPS) is 10.0. The zero-order valence-electron chi connectivity index (χ0n) is 6.63. The molecule has 0 atom stereocenters. The van der Waals surface area contributed by atoms with Gasteiger partial charge in [0.25, 0.3) is 0 Å². The lowest BCUT2D eigenvalue weighted by Crippen LogP contribution is -1.82. The summed E-state index contributed by atoms with van der Waals surface area (Å²) in [6.07, 6.45) is 3.52. The molecule has 0 amide bonds. The second-order valence-electron chi connectivity index (χ2n) is 2.67. The third kappa shape index (κ3) is 0.785. The van der Waals surface area contributed by atoms with Crippen molar-refractivity contribution < 1.29 is 0 Å². The third-order valence-corrected chi connectivity index (χ3v) is 1.90. The van der Waals surface area contributed by atoms with E-state index >= 15 is 0 Å². The summed E-state index contributed by atoms with van der Waals surface area (Å²) in [7, 11) is 0. The Bertz CT molecular complexity index is 462. The number of hydrogen-bond donors (Lipinski definition) is 1. The third-order valence-electron chi connectivity index (χ3n) is 1.90. The molecule has 12 heavy (non-hydrogen) atoms. The highest BCUT2D eigenvalue weighted by molar-refractivity contribution is 5.86. The van der Waals surface area contributed by atoms with Crippen LogP contribution in [0.2, 0.25) is 0 Å². The zero-order valence-corrected chi connectivity index (χ0v) is 6.63. The van der Waals surface area contributed by atoms with Crippen molar-refractivity contribution in [1.29, 1.82) is 5.26 Å². The Kier molecular flexibility index (Phi) is 1.34. The maximum atomic E-state index is 8.75. The quantitative estimate of drug-likeness (QED) is 0.633. The Morgan fingerprint density at radius 1 is 1.58 bits per heavy atom. The van der Waals surface area contributed by atoms with E-state index in [-0.39, 0.29) is 0 Å². The van der Waals surface area contributed by atoms with Crippen LogP contribution in [0.3, 0.4) is 0 Å². The molecule has 0 aliphatic rings. The highest BCUT2D eigenvalue weighted by Crippen LogP contribution is 2.18. The molecule has 3 heteroatoms. The van der Waals surface area contributed by atoms with Crippen LogP contribution in [0.5, 0.6) is 0 Å². The molecule has 2 aromatic rings. The largest absolute Gasteiger partial charge is 0.361 e. The van der Waals surface area contributed by atoms with Gasteiger partial charge in [0.2, 0.25) is 0 Å². The topological polar surface area (TPSA) is 52.5 Å². The highest BCUT2D eigenvalue weighted by atomic mass is 14.7. The van der Waals surface area contributed by atoms with Crippen molar-refractivity contribution in [2.75, 3.05) is 0 Å². The fraction of sp³-hybridized carbons (Fsp3) is 0.111. The van der Waals surface area contributed by atoms with Crippen LogP contribution in [0, 0.1) is 18.3 Å². The number of aromatic nitrogens is 2. The highest BCUT2D eigenvalue weighted by Gasteiger charge is 2.04. The summed E-state index contributed by atoms with van der Waals surface area (Å²) in [5.41, 5.74) is 2.53. The molecule has 0 radical (unpaired) electrons. The summed E-state index contributed by atoms with van der Waals surface area (Å²) in [4.78, 5) is 7.05. The summed E-state index contributed by atoms with van der Waals surface area (Å²) >= 11 is 0. The monoisotopic (exact) mass is 157 g/mol. The number of nitrogens with one attached hydrogen (secondary N) is 1. The Morgan fingerprint density at radius 2 is 2.42 bits per heavy atom. The first-order valence-electron chi connectivity index (χ1n) is 3.65. The van der Waals surface area contributed by atoms with Crippen LogP contribution in [0.4, 0.5) is 0 Å². The molecule has 0 aromatic carbocycles. The predicted octanol–water partition coefficient (Wildman–Crippen LogP) is 1.74. The molecule has 0 saturated carbocycles. The number of rotatable bonds is 0. The molecule has 0 aliphatic carbocycles. The standard InChI is InChI=1S/C9H7N3/c1-6-5-12-7-2-3-11-8(4-10)9(6)7/h2-3,5,12H,1H3. The molecule has 2 rings (SSSR count). The lowest BCUT2D eigenvalue weighted by atomic mass is 10.2. The number of H-pyrrole nitrogens is 1. The second-order valence-corrected chi connectivity index (χ2v) is 2.67. The minimum Gasteiger partial charge on any atom is -0.361 e. The molecule has 2 heterocycles. The van der Waals surface area contributed by atoms with E-state index < -0.39 is 0 Å². The van der Waals surface area contributed by atoms with Crippen molar-refractivity contribution in [1.82, 2.24) is 9.97 Å². The van der Waals surface area contributed by atoms with Gasteiger partial charge in [-0.3, -0.25) is 0 Å². The molecule has 3 nitrogen and oxygen atoms in total. The average Bonchev–Trinajstić information content (AvgIpc) is 2.48. The first-order chi connectivity index (χ1) is 5.83. The smallest absolute Gasteiger partial charge is 0.150 e. The van der Waals surface area contributed by atoms with Crippen molar-refractivity contribution in [2.45, 2.75) is 6.92 Å². The second kappa shape index (κ2) is 2.35. The molecule has 0 bridgehead atoms. The summed E-state index contributed by atoms with van der Waals surface area (Å²) in [5.74, 6) is 0. The van der Waals surface area contributed by atoms with Crippen LogP contribution in [0.15, 0.2) is 18.5 Å². The molecular weight excluding hydrogens is 150 g/mol. The Labute approximate surface area is 69.7 Å². The fourth-order valence-electron chi connectivity index (χ4n) is 1.32. The van der Waals surface area contributed by atoms with E-state index in [1.807, 2.05) is 19.2 Å². The maximum Gasteiger partial charge on any atom is 0.150 e. The van der Waals surface area contributed by atoms with E-state index in [2.05, 4.69) is 16.0 Å². The fourth-order valence-corrected chi connectivity index (χ4v) is 1.32. The van der Waals surface area contributed by atoms with Gasteiger partial charge in [0.15, 0.2) is 0 Å². The molecule has 0 saturated heterocycles. The van der Waals surface area contributed by atoms with E-state index in [1.54, 1.807) is 6.20 Å². The zero-order chi connectivity index (χ0) is 8.55. The SMILES string of the molecule is Cc1c[nH]c2ccnc(C#N)c12. The number of fused-ring (bicyclic) bond motifs is 1. The number of pyridine rings is 1. The molecule has 58 valence electrons. The van der Waals surface area contributed by atoms with Gasteiger partial charge in [0, 0.05) is 17.8 Å². The van der Waals surface area contributed by atoms with Crippen LogP contribution >= 0.6 is 0 Å². The van der Waals surface area contributed by atoms with Crippen molar-refractivity contribution >= 4 is 10.9 Å². The number of aryl methyl sites for hydroxylation is 1. The molecular formula is C9H7N3. The van der Waals surface area contributed by atoms with Gasteiger partial charge in [-0.1, -0.05) is 0 Å². The lowest BCUT2D eigenvalue weighted by molar-refractivity contribution is 1.29. The summed E-state index contributed by atoms with van der Waals surface area (Å²) in [6, 6.07) is 3.93. The Hall–Kier alpha value is -1.82. The molecule has 0 fully saturated rings. The van der Waals surface area contributed by atoms with Crippen LogP contribution in [0.25, 0.3) is 10.9 Å². The number of nitrogens with zero attached hydrogens (tertiary/aromatic N) is 2. The van der Waals surface area contributed by atoms with Gasteiger partial charge in [-0.2, -0.15) is 5.26 Å². The first kappa shape index (κ1) is 6.86. The van der Waals surface area contributed by atoms with E-state index in [9.17, 15) is 0 Å². The van der Waals surface area contributed by atoms with Gasteiger partial charge in [-0.15, -0.1) is 0 Å². The van der Waals surface area contributed by atoms with Gasteiger partial charge in [0.1, 0.15) is 11.8 Å². The number of hydrogen-bond acceptors (Lipinski definition) is 2. The van der Waals surface area contributed by atoms with Crippen LogP contribution < -0.4 is 0 Å². The van der Waals surface area contributed by atoms with Gasteiger partial charge in [-0.05, 0) is 18.6 Å². The van der Waals surface area contributed by atoms with Gasteiger partial charge < -0.3 is 4.98 Å². The predicted molar refractivity (Wildman–Crippen MR) is 45.5 cm³/mol. The van der Waals surface area contributed by atoms with E-state index in [1.165, 1.54) is 0 Å². The maximum absolute atomic E-state index is 8.75. The average molecular weight is 157 g/mol. The van der Waals surface area contributed by atoms with Gasteiger partial charge in [0.05, 0.1) is 5.52 Å². The van der Waals surface area contributed by atoms with Crippen molar-refractivity contribution in [3.8, 4) is 6.07 Å². The summed E-state index contributed by atoms with van der Waals surface area (Å²) < 4.78 is 0. The van der Waals surface area contributed by atoms with Crippen molar-refractivity contribution in [2.24, 2.45) is 0 Å². The molecule has 1 N–H and O–H groups in total. The van der Waals surface area contributed by atoms with Gasteiger partial charge in [-0.25, -0.2) is 4.98 Å². The van der Waals surface area contributed by atoms with E-state index in [4.69, 9.17) is 5.26 Å². The first-order valence-corrected chi connectivity index (χ1v) is 3.65. The minimum atomic E-state index is 0.492. The molecule has 0 spiro atoms. The van der Waals surface area contributed by atoms with Gasteiger partial charge >= 0.3 is 0 Å². The van der Waals surface area contributed by atoms with Crippen molar-refractivity contribution in [3.05, 3.63) is 29.7 Å². The van der Waals surface area contributed by atoms with E-state index in [0.29, 0.717) is 5.69 Å². The van der Waals surface area contributed by atoms with Crippen LogP contribution in [0.1, 0.15) is 11.3 Å². The molecule has 0 aliphatic heterocycles. The van der Waals surface area contributed by atoms with E-state index in [0.717, 1.165) is 16.5 Å². The number of nitriles is 1. The molecule has 2 aromatic heterocycles. The summed E-state index contributed by atoms with van der Waals surface area (Å²) in [6.45, 7) is 1.96. The minimum absolute atomic E-state index is 0.492. The lowest BCUT2D eigenvalue weighted by Gasteiger charge is -1.92.